The van der Waals surface area contributed by atoms with Gasteiger partial charge in [0.15, 0.2) is 5.16 Å². The van der Waals surface area contributed by atoms with E-state index < -0.39 is 0 Å². The molecule has 0 bridgehead atoms. The first-order chi connectivity index (χ1) is 14.9. The molecule has 1 N–H and O–H groups in total. The van der Waals surface area contributed by atoms with Gasteiger partial charge in [0.1, 0.15) is 0 Å². The third-order valence-corrected chi connectivity index (χ3v) is 5.99. The van der Waals surface area contributed by atoms with E-state index in [-0.39, 0.29) is 17.6 Å². The zero-order valence-electron chi connectivity index (χ0n) is 17.7. The minimum Gasteiger partial charge on any atom is -0.330 e. The van der Waals surface area contributed by atoms with Gasteiger partial charge in [0.05, 0.1) is 5.75 Å². The minimum atomic E-state index is -0.109. The number of carbonyl (C=O) groups is 1. The van der Waals surface area contributed by atoms with Crippen molar-refractivity contribution in [3.05, 3.63) is 59.2 Å². The molecule has 0 aliphatic carbocycles. The van der Waals surface area contributed by atoms with Crippen molar-refractivity contribution in [1.82, 2.24) is 24.9 Å². The lowest BCUT2D eigenvalue weighted by Crippen LogP contribution is -2.15. The number of aromatic nitrogens is 5. The summed E-state index contributed by atoms with van der Waals surface area (Å²) >= 11 is 1.29. The summed E-state index contributed by atoms with van der Waals surface area (Å²) in [4.78, 5) is 16.8. The van der Waals surface area contributed by atoms with E-state index in [1.165, 1.54) is 11.8 Å². The molecule has 31 heavy (non-hydrogen) atoms. The summed E-state index contributed by atoms with van der Waals surface area (Å²) in [6.07, 6.45) is 0. The van der Waals surface area contributed by atoms with Crippen LogP contribution in [0.1, 0.15) is 16.7 Å². The highest BCUT2D eigenvalue weighted by molar-refractivity contribution is 7.99. The molecule has 0 unspecified atom stereocenters. The Balaban J connectivity index is 1.43. The van der Waals surface area contributed by atoms with Gasteiger partial charge >= 0.3 is 0 Å². The molecule has 0 saturated carbocycles. The van der Waals surface area contributed by atoms with Crippen molar-refractivity contribution in [2.75, 3.05) is 11.1 Å². The first-order valence-corrected chi connectivity index (χ1v) is 10.7. The molecule has 158 valence electrons. The normalized spacial score (nSPS) is 11.0. The number of amides is 1. The van der Waals surface area contributed by atoms with Crippen LogP contribution in [0.3, 0.4) is 0 Å². The van der Waals surface area contributed by atoms with E-state index in [4.69, 9.17) is 4.52 Å². The van der Waals surface area contributed by atoms with E-state index in [0.717, 1.165) is 27.9 Å². The summed E-state index contributed by atoms with van der Waals surface area (Å²) in [7, 11) is 1.80. The Morgan fingerprint density at radius 3 is 2.65 bits per heavy atom. The van der Waals surface area contributed by atoms with Gasteiger partial charge in [-0.2, -0.15) is 4.98 Å². The highest BCUT2D eigenvalue weighted by Crippen LogP contribution is 2.25. The molecule has 2 aromatic heterocycles. The molecule has 1 amide bonds. The largest absolute Gasteiger partial charge is 0.330 e. The van der Waals surface area contributed by atoms with E-state index in [9.17, 15) is 4.79 Å². The van der Waals surface area contributed by atoms with E-state index in [2.05, 4.69) is 25.7 Å². The zero-order chi connectivity index (χ0) is 22.0. The molecule has 9 heteroatoms. The van der Waals surface area contributed by atoms with Crippen LogP contribution in [0.4, 0.5) is 5.69 Å². The molecular formula is C22H22N6O2S. The first kappa shape index (κ1) is 20.8. The van der Waals surface area contributed by atoms with Crippen molar-refractivity contribution in [2.45, 2.75) is 25.9 Å². The fraction of sp³-hybridized carbons (Fsp3) is 0.227. The molecule has 4 rings (SSSR count). The third kappa shape index (κ3) is 4.51. The predicted molar refractivity (Wildman–Crippen MR) is 120 cm³/mol. The molecule has 0 aliphatic rings. The van der Waals surface area contributed by atoms with Gasteiger partial charge in [0.2, 0.25) is 17.6 Å². The van der Waals surface area contributed by atoms with Crippen molar-refractivity contribution in [1.29, 1.82) is 0 Å². The van der Waals surface area contributed by atoms with Crippen molar-refractivity contribution < 1.29 is 9.32 Å². The Bertz CT molecular complexity index is 1230. The van der Waals surface area contributed by atoms with E-state index in [1.807, 2.05) is 63.2 Å². The molecule has 0 atom stereocenters. The number of hydrogen-bond donors (Lipinski definition) is 1. The maximum Gasteiger partial charge on any atom is 0.296 e. The predicted octanol–water partition coefficient (Wildman–Crippen LogP) is 4.19. The van der Waals surface area contributed by atoms with Gasteiger partial charge in [-0.15, -0.1) is 10.2 Å². The minimum absolute atomic E-state index is 0.109. The Hall–Kier alpha value is -3.46. The number of aryl methyl sites for hydroxylation is 2. The van der Waals surface area contributed by atoms with Crippen LogP contribution in [0.5, 0.6) is 0 Å². The van der Waals surface area contributed by atoms with Crippen molar-refractivity contribution in [3.63, 3.8) is 0 Å². The number of rotatable bonds is 6. The van der Waals surface area contributed by atoms with Crippen LogP contribution >= 0.6 is 11.8 Å². The molecular weight excluding hydrogens is 412 g/mol. The standard InChI is InChI=1S/C22H22N6O2S/c1-13-8-10-16(11-9-13)19-24-21(30-27-19)20-25-26-22(28(20)4)31-12-18(29)23-17-7-5-6-14(2)15(17)3/h5-11H,12H2,1-4H3,(H,23,29). The van der Waals surface area contributed by atoms with Crippen LogP contribution in [0.2, 0.25) is 0 Å². The van der Waals surface area contributed by atoms with Gasteiger partial charge in [0, 0.05) is 18.3 Å². The second-order valence-electron chi connectivity index (χ2n) is 7.24. The highest BCUT2D eigenvalue weighted by atomic mass is 32.2. The highest BCUT2D eigenvalue weighted by Gasteiger charge is 2.19. The summed E-state index contributed by atoms with van der Waals surface area (Å²) in [5, 5.41) is 15.9. The van der Waals surface area contributed by atoms with Crippen molar-refractivity contribution >= 4 is 23.4 Å². The van der Waals surface area contributed by atoms with Crippen molar-refractivity contribution in [2.24, 2.45) is 7.05 Å². The lowest BCUT2D eigenvalue weighted by Gasteiger charge is -2.10. The van der Waals surface area contributed by atoms with Crippen LogP contribution in [-0.2, 0) is 11.8 Å². The van der Waals surface area contributed by atoms with Crippen LogP contribution in [0.25, 0.3) is 23.1 Å². The summed E-state index contributed by atoms with van der Waals surface area (Å²) in [5.74, 6) is 1.31. The quantitative estimate of drug-likeness (QED) is 0.454. The summed E-state index contributed by atoms with van der Waals surface area (Å²) in [6.45, 7) is 6.03. The van der Waals surface area contributed by atoms with Crippen LogP contribution in [0.15, 0.2) is 52.1 Å². The summed E-state index contributed by atoms with van der Waals surface area (Å²) in [5.41, 5.74) is 5.03. The van der Waals surface area contributed by atoms with Gasteiger partial charge < -0.3 is 14.4 Å². The lowest BCUT2D eigenvalue weighted by molar-refractivity contribution is -0.113. The van der Waals surface area contributed by atoms with Gasteiger partial charge in [0.25, 0.3) is 5.89 Å². The first-order valence-electron chi connectivity index (χ1n) is 9.72. The summed E-state index contributed by atoms with van der Waals surface area (Å²) in [6, 6.07) is 13.7. The van der Waals surface area contributed by atoms with Crippen LogP contribution in [-0.4, -0.2) is 36.6 Å². The van der Waals surface area contributed by atoms with Gasteiger partial charge in [-0.1, -0.05) is 58.9 Å². The maximum absolute atomic E-state index is 12.4. The van der Waals surface area contributed by atoms with E-state index >= 15 is 0 Å². The maximum atomic E-state index is 12.4. The Labute approximate surface area is 184 Å². The fourth-order valence-corrected chi connectivity index (χ4v) is 3.67. The SMILES string of the molecule is Cc1ccc(-c2noc(-c3nnc(SCC(=O)Nc4cccc(C)c4C)n3C)n2)cc1. The molecule has 2 heterocycles. The average molecular weight is 435 g/mol. The molecule has 0 radical (unpaired) electrons. The Morgan fingerprint density at radius 1 is 1.10 bits per heavy atom. The smallest absolute Gasteiger partial charge is 0.296 e. The Kier molecular flexibility index (Phi) is 5.85. The molecule has 4 aromatic rings. The number of thioether (sulfide) groups is 1. The number of nitrogens with zero attached hydrogens (tertiary/aromatic N) is 5. The summed E-state index contributed by atoms with van der Waals surface area (Å²) < 4.78 is 7.12. The van der Waals surface area contributed by atoms with E-state index in [1.54, 1.807) is 11.6 Å². The molecule has 0 saturated heterocycles. The van der Waals surface area contributed by atoms with Gasteiger partial charge in [-0.3, -0.25) is 4.79 Å². The van der Waals surface area contributed by atoms with Crippen molar-refractivity contribution in [3.8, 4) is 23.1 Å². The number of anilines is 1. The van der Waals surface area contributed by atoms with Gasteiger partial charge in [-0.25, -0.2) is 0 Å². The fourth-order valence-electron chi connectivity index (χ4n) is 2.96. The number of carbonyl (C=O) groups excluding carboxylic acids is 1. The molecule has 0 aliphatic heterocycles. The molecule has 2 aromatic carbocycles. The number of nitrogens with one attached hydrogen (secondary N) is 1. The van der Waals surface area contributed by atoms with E-state index in [0.29, 0.717) is 16.8 Å². The average Bonchev–Trinajstić information content (AvgIpc) is 3.37. The van der Waals surface area contributed by atoms with Gasteiger partial charge in [-0.05, 0) is 38.0 Å². The molecule has 0 fully saturated rings. The second-order valence-corrected chi connectivity index (χ2v) is 8.18. The topological polar surface area (TPSA) is 98.7 Å². The second kappa shape index (κ2) is 8.73. The number of hydrogen-bond acceptors (Lipinski definition) is 7. The third-order valence-electron chi connectivity index (χ3n) is 4.97. The monoisotopic (exact) mass is 434 g/mol. The van der Waals surface area contributed by atoms with Crippen LogP contribution in [0, 0.1) is 20.8 Å². The lowest BCUT2D eigenvalue weighted by atomic mass is 10.1. The van der Waals surface area contributed by atoms with Crippen LogP contribution < -0.4 is 5.32 Å². The zero-order valence-corrected chi connectivity index (χ0v) is 18.5. The Morgan fingerprint density at radius 2 is 1.87 bits per heavy atom. The molecule has 8 nitrogen and oxygen atoms in total. The molecule has 0 spiro atoms. The number of benzene rings is 2.